The first kappa shape index (κ1) is 17.2. The highest BCUT2D eigenvalue weighted by Crippen LogP contribution is 2.31. The monoisotopic (exact) mass is 354 g/mol. The molecule has 1 amide bonds. The summed E-state index contributed by atoms with van der Waals surface area (Å²) in [4.78, 5) is 25.4. The van der Waals surface area contributed by atoms with E-state index in [0.717, 1.165) is 18.3 Å². The third-order valence-corrected chi connectivity index (χ3v) is 3.70. The van der Waals surface area contributed by atoms with Crippen molar-refractivity contribution in [3.8, 4) is 11.5 Å². The van der Waals surface area contributed by atoms with Crippen molar-refractivity contribution >= 4 is 27.8 Å². The average Bonchev–Trinajstić information content (AvgIpc) is 2.48. The molecule has 1 heterocycles. The zero-order valence-electron chi connectivity index (χ0n) is 11.7. The summed E-state index contributed by atoms with van der Waals surface area (Å²) in [5.74, 6) is -4.08. The quantitative estimate of drug-likeness (QED) is 0.391. The number of hydrogen-bond donors (Lipinski definition) is 5. The summed E-state index contributed by atoms with van der Waals surface area (Å²) in [6, 6.07) is 3.69. The van der Waals surface area contributed by atoms with Gasteiger partial charge in [-0.1, -0.05) is 0 Å². The molecule has 2 aromatic rings. The lowest BCUT2D eigenvalue weighted by atomic mass is 10.1. The van der Waals surface area contributed by atoms with Crippen LogP contribution in [-0.2, 0) is 10.1 Å². The number of carbonyl (C=O) groups is 2. The molecule has 1 aromatic carbocycles. The number of carboxylic acids is 1. The smallest absolute Gasteiger partial charge is 0.337 e. The molecule has 10 nitrogen and oxygen atoms in total. The average molecular weight is 354 g/mol. The molecule has 1 aromatic heterocycles. The van der Waals surface area contributed by atoms with Gasteiger partial charge in [-0.3, -0.25) is 9.35 Å². The third-order valence-electron chi connectivity index (χ3n) is 2.83. The number of benzene rings is 1. The number of phenolic OH excluding ortho intramolecular Hbond substituents is 2. The second-order valence-corrected chi connectivity index (χ2v) is 5.90. The summed E-state index contributed by atoms with van der Waals surface area (Å²) in [6.07, 6.45) is 0.976. The number of nitrogens with zero attached hydrogens (tertiary/aromatic N) is 1. The molecule has 0 radical (unpaired) electrons. The fraction of sp³-hybridized carbons (Fsp3) is 0. The second-order valence-electron chi connectivity index (χ2n) is 4.51. The molecular formula is C13H10N2O8S. The third kappa shape index (κ3) is 3.59. The second kappa shape index (κ2) is 6.14. The highest BCUT2D eigenvalue weighted by Gasteiger charge is 2.23. The Morgan fingerprint density at radius 1 is 1.12 bits per heavy atom. The number of carbonyl (C=O) groups excluding carboxylic acids is 1. The van der Waals surface area contributed by atoms with Crippen molar-refractivity contribution in [1.82, 2.24) is 4.98 Å². The van der Waals surface area contributed by atoms with E-state index in [1.54, 1.807) is 0 Å². The van der Waals surface area contributed by atoms with E-state index in [0.29, 0.717) is 6.07 Å². The number of aromatic carboxylic acids is 1. The first-order valence-electron chi connectivity index (χ1n) is 6.13. The number of rotatable bonds is 4. The molecule has 0 aliphatic carbocycles. The van der Waals surface area contributed by atoms with Crippen LogP contribution in [0.25, 0.3) is 0 Å². The molecule has 2 rings (SSSR count). The van der Waals surface area contributed by atoms with E-state index in [1.165, 1.54) is 6.07 Å². The van der Waals surface area contributed by atoms with Crippen LogP contribution in [0.4, 0.5) is 5.82 Å². The first-order valence-corrected chi connectivity index (χ1v) is 7.58. The molecule has 126 valence electrons. The normalized spacial score (nSPS) is 11.0. The first-order chi connectivity index (χ1) is 11.1. The van der Waals surface area contributed by atoms with E-state index in [1.807, 2.05) is 0 Å². The van der Waals surface area contributed by atoms with Gasteiger partial charge in [0.25, 0.3) is 16.0 Å². The molecule has 0 saturated carbocycles. The van der Waals surface area contributed by atoms with E-state index < -0.39 is 44.0 Å². The Morgan fingerprint density at radius 2 is 1.79 bits per heavy atom. The minimum atomic E-state index is -4.87. The molecule has 0 aliphatic rings. The molecule has 0 bridgehead atoms. The van der Waals surface area contributed by atoms with Crippen molar-refractivity contribution in [3.63, 3.8) is 0 Å². The Morgan fingerprint density at radius 3 is 2.29 bits per heavy atom. The highest BCUT2D eigenvalue weighted by molar-refractivity contribution is 7.86. The number of hydrogen-bond acceptors (Lipinski definition) is 7. The van der Waals surface area contributed by atoms with Gasteiger partial charge in [0.05, 0.1) is 11.1 Å². The number of carboxylic acid groups (broad SMARTS) is 1. The fourth-order valence-corrected chi connectivity index (χ4v) is 2.36. The summed E-state index contributed by atoms with van der Waals surface area (Å²) in [5, 5.41) is 30.2. The van der Waals surface area contributed by atoms with E-state index >= 15 is 0 Å². The van der Waals surface area contributed by atoms with Crippen LogP contribution in [0.3, 0.4) is 0 Å². The van der Waals surface area contributed by atoms with Gasteiger partial charge >= 0.3 is 5.97 Å². The number of aromatic nitrogens is 1. The van der Waals surface area contributed by atoms with Crippen molar-refractivity contribution in [1.29, 1.82) is 0 Å². The number of aromatic hydroxyl groups is 2. The van der Waals surface area contributed by atoms with Crippen molar-refractivity contribution in [2.24, 2.45) is 0 Å². The van der Waals surface area contributed by atoms with Crippen LogP contribution in [0.5, 0.6) is 11.5 Å². The summed E-state index contributed by atoms with van der Waals surface area (Å²) >= 11 is 0. The van der Waals surface area contributed by atoms with Gasteiger partial charge in [-0.15, -0.1) is 0 Å². The van der Waals surface area contributed by atoms with Gasteiger partial charge in [0.2, 0.25) is 0 Å². The van der Waals surface area contributed by atoms with Crippen molar-refractivity contribution in [2.45, 2.75) is 4.90 Å². The Balaban J connectivity index is 2.36. The van der Waals surface area contributed by atoms with Gasteiger partial charge in [-0.2, -0.15) is 8.42 Å². The van der Waals surface area contributed by atoms with Gasteiger partial charge in [-0.05, 0) is 18.2 Å². The lowest BCUT2D eigenvalue weighted by molar-refractivity contribution is 0.0696. The summed E-state index contributed by atoms with van der Waals surface area (Å²) in [7, 11) is -4.87. The molecule has 0 atom stereocenters. The lowest BCUT2D eigenvalue weighted by Crippen LogP contribution is -2.14. The van der Waals surface area contributed by atoms with Crippen LogP contribution in [0, 0.1) is 0 Å². The fourth-order valence-electron chi connectivity index (χ4n) is 1.74. The van der Waals surface area contributed by atoms with Crippen LogP contribution in [0.15, 0.2) is 35.4 Å². The number of pyridine rings is 1. The number of nitrogens with one attached hydrogen (secondary N) is 1. The highest BCUT2D eigenvalue weighted by atomic mass is 32.2. The Bertz CT molecular complexity index is 922. The summed E-state index contributed by atoms with van der Waals surface area (Å²) in [6.45, 7) is 0. The predicted molar refractivity (Wildman–Crippen MR) is 78.7 cm³/mol. The van der Waals surface area contributed by atoms with Gasteiger partial charge < -0.3 is 20.6 Å². The van der Waals surface area contributed by atoms with Crippen LogP contribution in [-0.4, -0.2) is 45.2 Å². The SMILES string of the molecule is O=C(O)c1ccc(NC(=O)c2cc(O)cc(S(=O)(=O)O)c2O)nc1. The van der Waals surface area contributed by atoms with Crippen LogP contribution in [0.1, 0.15) is 20.7 Å². The minimum Gasteiger partial charge on any atom is -0.508 e. The molecule has 0 saturated heterocycles. The maximum absolute atomic E-state index is 12.1. The molecule has 0 fully saturated rings. The molecule has 24 heavy (non-hydrogen) atoms. The summed E-state index contributed by atoms with van der Waals surface area (Å²) < 4.78 is 31.2. The molecule has 5 N–H and O–H groups in total. The van der Waals surface area contributed by atoms with Gasteiger partial charge in [0.1, 0.15) is 22.2 Å². The number of anilines is 1. The van der Waals surface area contributed by atoms with Crippen LogP contribution >= 0.6 is 0 Å². The molecule has 11 heteroatoms. The summed E-state index contributed by atoms with van der Waals surface area (Å²) in [5.41, 5.74) is -0.756. The Labute approximate surface area is 134 Å². The molecular weight excluding hydrogens is 344 g/mol. The van der Waals surface area contributed by atoms with Gasteiger partial charge in [-0.25, -0.2) is 9.78 Å². The maximum Gasteiger partial charge on any atom is 0.337 e. The van der Waals surface area contributed by atoms with Crippen molar-refractivity contribution < 1.29 is 37.9 Å². The largest absolute Gasteiger partial charge is 0.508 e. The Hall–Kier alpha value is -3.18. The zero-order chi connectivity index (χ0) is 18.1. The van der Waals surface area contributed by atoms with Crippen molar-refractivity contribution in [2.75, 3.05) is 5.32 Å². The topological polar surface area (TPSA) is 174 Å². The standard InChI is InChI=1S/C13H10N2O8S/c16-7-3-8(11(17)9(4-7)24(21,22)23)12(18)15-10-2-1-6(5-14-10)13(19)20/h1-5,16-17H,(H,19,20)(H,14,15,18)(H,21,22,23). The van der Waals surface area contributed by atoms with E-state index in [-0.39, 0.29) is 11.4 Å². The van der Waals surface area contributed by atoms with E-state index in [9.17, 15) is 28.2 Å². The van der Waals surface area contributed by atoms with Gasteiger partial charge in [0, 0.05) is 12.3 Å². The maximum atomic E-state index is 12.1. The number of amides is 1. The lowest BCUT2D eigenvalue weighted by Gasteiger charge is -2.09. The number of phenols is 2. The van der Waals surface area contributed by atoms with E-state index in [2.05, 4.69) is 10.3 Å². The van der Waals surface area contributed by atoms with Crippen molar-refractivity contribution in [3.05, 3.63) is 41.6 Å². The van der Waals surface area contributed by atoms with Gasteiger partial charge in [0.15, 0.2) is 0 Å². The Kier molecular flexibility index (Phi) is 4.39. The molecule has 0 spiro atoms. The predicted octanol–water partition coefficient (Wildman–Crippen LogP) is 0.690. The minimum absolute atomic E-state index is 0.0823. The van der Waals surface area contributed by atoms with E-state index in [4.69, 9.17) is 9.66 Å². The molecule has 0 unspecified atom stereocenters. The van der Waals surface area contributed by atoms with Crippen LogP contribution < -0.4 is 5.32 Å². The van der Waals surface area contributed by atoms with Crippen LogP contribution in [0.2, 0.25) is 0 Å². The molecule has 0 aliphatic heterocycles. The zero-order valence-corrected chi connectivity index (χ0v) is 12.5.